The second-order valence-corrected chi connectivity index (χ2v) is 4.46. The number of aromatic nitrogens is 1. The summed E-state index contributed by atoms with van der Waals surface area (Å²) in [6.07, 6.45) is 1.55. The molecule has 1 aromatic heterocycles. The van der Waals surface area contributed by atoms with Crippen molar-refractivity contribution in [2.75, 3.05) is 24.3 Å². The lowest BCUT2D eigenvalue weighted by atomic mass is 10.1. The van der Waals surface area contributed by atoms with Gasteiger partial charge in [0, 0.05) is 31.7 Å². The first kappa shape index (κ1) is 14.0. The minimum atomic E-state index is -0.331. The molecule has 0 saturated carbocycles. The van der Waals surface area contributed by atoms with Crippen LogP contribution in [0.4, 0.5) is 15.8 Å². The average molecular weight is 273 g/mol. The number of nitrogens with zero attached hydrogens (tertiary/aromatic N) is 2. The second-order valence-electron chi connectivity index (χ2n) is 4.46. The molecule has 0 spiro atoms. The molecule has 0 unspecified atom stereocenters. The van der Waals surface area contributed by atoms with E-state index in [1.54, 1.807) is 32.4 Å². The topological polar surface area (TPSA) is 45.2 Å². The molecule has 2 aromatic rings. The van der Waals surface area contributed by atoms with Crippen LogP contribution in [-0.4, -0.2) is 25.0 Å². The number of hydrogen-bond acceptors (Lipinski definition) is 3. The van der Waals surface area contributed by atoms with E-state index >= 15 is 0 Å². The van der Waals surface area contributed by atoms with Gasteiger partial charge in [-0.15, -0.1) is 0 Å². The SMILES string of the molecule is CNc1cc(C)ncc1C(=O)N(C)c1ccc(F)cc1. The van der Waals surface area contributed by atoms with Crippen molar-refractivity contribution in [3.63, 3.8) is 0 Å². The van der Waals surface area contributed by atoms with E-state index < -0.39 is 0 Å². The third-order valence-corrected chi connectivity index (χ3v) is 3.06. The number of anilines is 2. The fraction of sp³-hybridized carbons (Fsp3) is 0.200. The maximum absolute atomic E-state index is 12.9. The average Bonchev–Trinajstić information content (AvgIpc) is 2.46. The van der Waals surface area contributed by atoms with Crippen LogP contribution in [-0.2, 0) is 0 Å². The number of halogens is 1. The normalized spacial score (nSPS) is 10.2. The first-order valence-corrected chi connectivity index (χ1v) is 6.21. The van der Waals surface area contributed by atoms with Gasteiger partial charge in [0.1, 0.15) is 5.82 Å². The quantitative estimate of drug-likeness (QED) is 0.935. The van der Waals surface area contributed by atoms with E-state index in [9.17, 15) is 9.18 Å². The van der Waals surface area contributed by atoms with Gasteiger partial charge in [0.2, 0.25) is 0 Å². The fourth-order valence-corrected chi connectivity index (χ4v) is 1.90. The third kappa shape index (κ3) is 2.77. The van der Waals surface area contributed by atoms with Gasteiger partial charge in [0.05, 0.1) is 11.3 Å². The Balaban J connectivity index is 2.33. The van der Waals surface area contributed by atoms with Crippen LogP contribution in [0, 0.1) is 12.7 Å². The standard InChI is InChI=1S/C15H16FN3O/c1-10-8-14(17-2)13(9-18-10)15(20)19(3)12-6-4-11(16)5-7-12/h4-9H,1-3H3,(H,17,18). The number of nitrogens with one attached hydrogen (secondary N) is 1. The minimum Gasteiger partial charge on any atom is -0.387 e. The smallest absolute Gasteiger partial charge is 0.261 e. The van der Waals surface area contributed by atoms with E-state index in [0.29, 0.717) is 11.3 Å². The van der Waals surface area contributed by atoms with Gasteiger partial charge in [0.15, 0.2) is 0 Å². The van der Waals surface area contributed by atoms with E-state index in [0.717, 1.165) is 11.4 Å². The number of hydrogen-bond donors (Lipinski definition) is 1. The van der Waals surface area contributed by atoms with Gasteiger partial charge in [-0.25, -0.2) is 4.39 Å². The van der Waals surface area contributed by atoms with Crippen molar-refractivity contribution in [1.29, 1.82) is 0 Å². The minimum absolute atomic E-state index is 0.201. The molecule has 1 aromatic carbocycles. The highest BCUT2D eigenvalue weighted by Gasteiger charge is 2.17. The van der Waals surface area contributed by atoms with Gasteiger partial charge < -0.3 is 10.2 Å². The van der Waals surface area contributed by atoms with Crippen LogP contribution in [0.3, 0.4) is 0 Å². The Morgan fingerprint density at radius 1 is 1.30 bits per heavy atom. The number of aryl methyl sites for hydroxylation is 1. The molecule has 5 heteroatoms. The Morgan fingerprint density at radius 2 is 1.95 bits per heavy atom. The van der Waals surface area contributed by atoms with Crippen LogP contribution < -0.4 is 10.2 Å². The van der Waals surface area contributed by atoms with Crippen LogP contribution in [0.1, 0.15) is 16.1 Å². The van der Waals surface area contributed by atoms with Gasteiger partial charge in [-0.2, -0.15) is 0 Å². The molecule has 0 atom stereocenters. The predicted molar refractivity (Wildman–Crippen MR) is 77.7 cm³/mol. The number of pyridine rings is 1. The second kappa shape index (κ2) is 5.69. The Morgan fingerprint density at radius 3 is 2.55 bits per heavy atom. The molecule has 0 saturated heterocycles. The number of rotatable bonds is 3. The maximum Gasteiger partial charge on any atom is 0.261 e. The highest BCUT2D eigenvalue weighted by atomic mass is 19.1. The molecule has 0 aliphatic rings. The summed E-state index contributed by atoms with van der Waals surface area (Å²) < 4.78 is 12.9. The zero-order valence-corrected chi connectivity index (χ0v) is 11.6. The fourth-order valence-electron chi connectivity index (χ4n) is 1.90. The van der Waals surface area contributed by atoms with Crippen molar-refractivity contribution in [3.05, 3.63) is 53.6 Å². The van der Waals surface area contributed by atoms with Crippen molar-refractivity contribution < 1.29 is 9.18 Å². The van der Waals surface area contributed by atoms with E-state index in [1.165, 1.54) is 17.0 Å². The summed E-state index contributed by atoms with van der Waals surface area (Å²) in [4.78, 5) is 18.1. The van der Waals surface area contributed by atoms with Crippen LogP contribution >= 0.6 is 0 Å². The van der Waals surface area contributed by atoms with Crippen molar-refractivity contribution >= 4 is 17.3 Å². The first-order chi connectivity index (χ1) is 9.52. The van der Waals surface area contributed by atoms with Crippen molar-refractivity contribution in [2.45, 2.75) is 6.92 Å². The number of benzene rings is 1. The summed E-state index contributed by atoms with van der Waals surface area (Å²) in [6, 6.07) is 7.59. The van der Waals surface area contributed by atoms with Crippen LogP contribution in [0.15, 0.2) is 36.5 Å². The van der Waals surface area contributed by atoms with Gasteiger partial charge in [-0.05, 0) is 37.3 Å². The largest absolute Gasteiger partial charge is 0.387 e. The Labute approximate surface area is 117 Å². The van der Waals surface area contributed by atoms with Crippen LogP contribution in [0.25, 0.3) is 0 Å². The molecule has 0 bridgehead atoms. The van der Waals surface area contributed by atoms with Crippen molar-refractivity contribution in [3.8, 4) is 0 Å². The Hall–Kier alpha value is -2.43. The van der Waals surface area contributed by atoms with Crippen molar-refractivity contribution in [2.24, 2.45) is 0 Å². The molecule has 20 heavy (non-hydrogen) atoms. The molecular weight excluding hydrogens is 257 g/mol. The summed E-state index contributed by atoms with van der Waals surface area (Å²) >= 11 is 0. The van der Waals surface area contributed by atoms with E-state index in [-0.39, 0.29) is 11.7 Å². The summed E-state index contributed by atoms with van der Waals surface area (Å²) in [5.74, 6) is -0.532. The maximum atomic E-state index is 12.9. The molecule has 1 amide bonds. The molecule has 0 fully saturated rings. The highest BCUT2D eigenvalue weighted by Crippen LogP contribution is 2.20. The first-order valence-electron chi connectivity index (χ1n) is 6.21. The van der Waals surface area contributed by atoms with Gasteiger partial charge >= 0.3 is 0 Å². The van der Waals surface area contributed by atoms with Crippen LogP contribution in [0.5, 0.6) is 0 Å². The monoisotopic (exact) mass is 273 g/mol. The van der Waals surface area contributed by atoms with Gasteiger partial charge in [0.25, 0.3) is 5.91 Å². The lowest BCUT2D eigenvalue weighted by Crippen LogP contribution is -2.27. The molecule has 1 heterocycles. The van der Waals surface area contributed by atoms with Crippen LogP contribution in [0.2, 0.25) is 0 Å². The molecule has 0 radical (unpaired) electrons. The Bertz CT molecular complexity index is 626. The van der Waals surface area contributed by atoms with E-state index in [1.807, 2.05) is 13.0 Å². The van der Waals surface area contributed by atoms with Gasteiger partial charge in [-0.1, -0.05) is 0 Å². The summed E-state index contributed by atoms with van der Waals surface area (Å²) in [5, 5.41) is 2.99. The molecule has 0 aliphatic heterocycles. The molecule has 0 aliphatic carbocycles. The zero-order chi connectivity index (χ0) is 14.7. The number of carbonyl (C=O) groups is 1. The highest BCUT2D eigenvalue weighted by molar-refractivity contribution is 6.09. The summed E-state index contributed by atoms with van der Waals surface area (Å²) in [6.45, 7) is 1.86. The van der Waals surface area contributed by atoms with Crippen molar-refractivity contribution in [1.82, 2.24) is 4.98 Å². The summed E-state index contributed by atoms with van der Waals surface area (Å²) in [7, 11) is 3.40. The molecular formula is C15H16FN3O. The van der Waals surface area contributed by atoms with E-state index in [4.69, 9.17) is 0 Å². The number of carbonyl (C=O) groups excluding carboxylic acids is 1. The molecule has 4 nitrogen and oxygen atoms in total. The third-order valence-electron chi connectivity index (χ3n) is 3.06. The molecule has 2 rings (SSSR count). The molecule has 1 N–H and O–H groups in total. The summed E-state index contributed by atoms with van der Waals surface area (Å²) in [5.41, 5.74) is 2.65. The number of amides is 1. The van der Waals surface area contributed by atoms with E-state index in [2.05, 4.69) is 10.3 Å². The Kier molecular flexibility index (Phi) is 3.98. The lowest BCUT2D eigenvalue weighted by molar-refractivity contribution is 0.0993. The predicted octanol–water partition coefficient (Wildman–Crippen LogP) is 2.85. The zero-order valence-electron chi connectivity index (χ0n) is 11.6. The molecule has 104 valence electrons. The lowest BCUT2D eigenvalue weighted by Gasteiger charge is -2.19. The van der Waals surface area contributed by atoms with Gasteiger partial charge in [-0.3, -0.25) is 9.78 Å².